The molecule has 0 saturated carbocycles. The molecule has 0 radical (unpaired) electrons. The third-order valence-corrected chi connectivity index (χ3v) is 5.94. The summed E-state index contributed by atoms with van der Waals surface area (Å²) in [6.07, 6.45) is 0. The minimum absolute atomic E-state index is 0.0568. The molecule has 0 aromatic heterocycles. The number of halogens is 1. The molecule has 0 amide bonds. The van der Waals surface area contributed by atoms with Gasteiger partial charge in [0.25, 0.3) is 0 Å². The molecule has 34 heavy (non-hydrogen) atoms. The lowest BCUT2D eigenvalue weighted by molar-refractivity contribution is -0.144. The summed E-state index contributed by atoms with van der Waals surface area (Å²) in [5, 5.41) is 4.18. The van der Waals surface area contributed by atoms with Crippen molar-refractivity contribution in [3.05, 3.63) is 137 Å². The number of benzene rings is 4. The molecule has 4 rings (SSSR count). The first-order valence-corrected chi connectivity index (χ1v) is 11.4. The van der Waals surface area contributed by atoms with Gasteiger partial charge < -0.3 is 9.47 Å². The predicted octanol–water partition coefficient (Wildman–Crippen LogP) is 5.84. The van der Waals surface area contributed by atoms with Gasteiger partial charge in [0.2, 0.25) is 0 Å². The molecule has 0 spiro atoms. The van der Waals surface area contributed by atoms with Crippen LogP contribution in [0, 0.1) is 0 Å². The molecule has 0 fully saturated rings. The van der Waals surface area contributed by atoms with Gasteiger partial charge in [0.1, 0.15) is 18.4 Å². The van der Waals surface area contributed by atoms with Crippen LogP contribution < -0.4 is 10.1 Å². The van der Waals surface area contributed by atoms with Crippen LogP contribution in [0.25, 0.3) is 0 Å². The maximum absolute atomic E-state index is 13.0. The Morgan fingerprint density at radius 1 is 0.794 bits per heavy atom. The Kier molecular flexibility index (Phi) is 7.63. The van der Waals surface area contributed by atoms with Gasteiger partial charge in [-0.3, -0.25) is 10.1 Å². The highest BCUT2D eigenvalue weighted by Crippen LogP contribution is 2.37. The van der Waals surface area contributed by atoms with Crippen LogP contribution in [0.3, 0.4) is 0 Å². The lowest BCUT2D eigenvalue weighted by Gasteiger charge is -2.39. The lowest BCUT2D eigenvalue weighted by Crippen LogP contribution is -2.55. The van der Waals surface area contributed by atoms with Gasteiger partial charge in [0.05, 0.1) is 12.6 Å². The number of ether oxygens (including phenoxy) is 2. The fourth-order valence-corrected chi connectivity index (χ4v) is 4.30. The Morgan fingerprint density at radius 2 is 1.29 bits per heavy atom. The van der Waals surface area contributed by atoms with Crippen LogP contribution in [0.15, 0.2) is 115 Å². The average Bonchev–Trinajstić information content (AvgIpc) is 2.90. The van der Waals surface area contributed by atoms with Crippen LogP contribution in [-0.4, -0.2) is 25.7 Å². The molecule has 4 nitrogen and oxygen atoms in total. The second-order valence-electron chi connectivity index (χ2n) is 7.84. The van der Waals surface area contributed by atoms with Crippen molar-refractivity contribution in [2.45, 2.75) is 11.6 Å². The topological polar surface area (TPSA) is 47.6 Å². The van der Waals surface area contributed by atoms with E-state index >= 15 is 0 Å². The molecule has 0 aliphatic carbocycles. The van der Waals surface area contributed by atoms with Crippen LogP contribution in [-0.2, 0) is 15.1 Å². The molecule has 5 heteroatoms. The predicted molar refractivity (Wildman–Crippen MR) is 135 cm³/mol. The van der Waals surface area contributed by atoms with Gasteiger partial charge >= 0.3 is 5.97 Å². The third-order valence-electron chi connectivity index (χ3n) is 5.71. The van der Waals surface area contributed by atoms with E-state index in [-0.39, 0.29) is 6.61 Å². The van der Waals surface area contributed by atoms with Crippen molar-refractivity contribution in [2.75, 3.05) is 13.7 Å². The average molecular weight is 472 g/mol. The van der Waals surface area contributed by atoms with Crippen LogP contribution in [0.5, 0.6) is 5.75 Å². The quantitative estimate of drug-likeness (QED) is 0.246. The standard InChI is InChI=1S/C29H26ClNO3/c1-33-28(32)27(21-34-26-19-11-18-25(30)20-26)31-29(22-12-5-2-6-13-22,23-14-7-3-8-15-23)24-16-9-4-10-17-24/h2-20,27,31H,21H2,1H3. The Bertz CT molecular complexity index is 1100. The Labute approximate surface area is 205 Å². The monoisotopic (exact) mass is 471 g/mol. The summed E-state index contributed by atoms with van der Waals surface area (Å²) in [5.74, 6) is 0.155. The van der Waals surface area contributed by atoms with E-state index in [9.17, 15) is 4.79 Å². The van der Waals surface area contributed by atoms with Gasteiger partial charge in [-0.2, -0.15) is 0 Å². The van der Waals surface area contributed by atoms with Crippen LogP contribution in [0.4, 0.5) is 0 Å². The highest BCUT2D eigenvalue weighted by atomic mass is 35.5. The third kappa shape index (κ3) is 5.14. The minimum atomic E-state index is -0.833. The number of methoxy groups -OCH3 is 1. The van der Waals surface area contributed by atoms with Crippen LogP contribution >= 0.6 is 11.6 Å². The lowest BCUT2D eigenvalue weighted by atomic mass is 9.76. The summed E-state index contributed by atoms with van der Waals surface area (Å²) in [4.78, 5) is 13.0. The molecule has 4 aromatic rings. The van der Waals surface area contributed by atoms with Crippen LogP contribution in [0.1, 0.15) is 16.7 Å². The second-order valence-corrected chi connectivity index (χ2v) is 8.27. The van der Waals surface area contributed by atoms with Crippen LogP contribution in [0.2, 0.25) is 5.02 Å². The summed E-state index contributed by atoms with van der Waals surface area (Å²) in [6, 6.07) is 36.5. The first kappa shape index (κ1) is 23.6. The highest BCUT2D eigenvalue weighted by Gasteiger charge is 2.40. The molecule has 0 bridgehead atoms. The van der Waals surface area contributed by atoms with Crippen molar-refractivity contribution in [1.29, 1.82) is 0 Å². The van der Waals surface area contributed by atoms with E-state index < -0.39 is 17.6 Å². The number of nitrogens with one attached hydrogen (secondary N) is 1. The number of hydrogen-bond donors (Lipinski definition) is 1. The van der Waals surface area contributed by atoms with E-state index in [4.69, 9.17) is 21.1 Å². The largest absolute Gasteiger partial charge is 0.491 e. The molecular formula is C29H26ClNO3. The molecule has 0 saturated heterocycles. The van der Waals surface area contributed by atoms with Gasteiger partial charge in [-0.25, -0.2) is 0 Å². The van der Waals surface area contributed by atoms with Crippen molar-refractivity contribution in [3.63, 3.8) is 0 Å². The van der Waals surface area contributed by atoms with Crippen molar-refractivity contribution in [3.8, 4) is 5.75 Å². The van der Waals surface area contributed by atoms with E-state index in [1.807, 2.05) is 54.6 Å². The van der Waals surface area contributed by atoms with Gasteiger partial charge in [-0.05, 0) is 34.9 Å². The summed E-state index contributed by atoms with van der Waals surface area (Å²) in [6.45, 7) is 0.0568. The zero-order valence-corrected chi connectivity index (χ0v) is 19.6. The molecule has 4 aromatic carbocycles. The van der Waals surface area contributed by atoms with Gasteiger partial charge in [0, 0.05) is 5.02 Å². The SMILES string of the molecule is COC(=O)C(COc1cccc(Cl)c1)NC(c1ccccc1)(c1ccccc1)c1ccccc1. The number of carbonyl (C=O) groups is 1. The van der Waals surface area contributed by atoms with Crippen molar-refractivity contribution >= 4 is 17.6 Å². The van der Waals surface area contributed by atoms with Crippen molar-refractivity contribution in [2.24, 2.45) is 0 Å². The number of esters is 1. The molecule has 0 heterocycles. The maximum Gasteiger partial charge on any atom is 0.326 e. The second kappa shape index (κ2) is 11.0. The van der Waals surface area contributed by atoms with E-state index in [1.54, 1.807) is 24.3 Å². The molecule has 1 atom stereocenters. The highest BCUT2D eigenvalue weighted by molar-refractivity contribution is 6.30. The van der Waals surface area contributed by atoms with E-state index in [2.05, 4.69) is 41.7 Å². The zero-order valence-electron chi connectivity index (χ0n) is 18.9. The number of rotatable bonds is 9. The van der Waals surface area contributed by atoms with Gasteiger partial charge in [-0.1, -0.05) is 109 Å². The normalized spacial score (nSPS) is 12.1. The van der Waals surface area contributed by atoms with E-state index in [0.29, 0.717) is 10.8 Å². The molecule has 1 unspecified atom stereocenters. The van der Waals surface area contributed by atoms with Crippen molar-refractivity contribution < 1.29 is 14.3 Å². The summed E-state index contributed by atoms with van der Waals surface area (Å²) in [7, 11) is 1.38. The Morgan fingerprint density at radius 3 is 1.74 bits per heavy atom. The molecular weight excluding hydrogens is 446 g/mol. The van der Waals surface area contributed by atoms with Gasteiger partial charge in [0.15, 0.2) is 0 Å². The Hall–Kier alpha value is -3.60. The number of carbonyl (C=O) groups excluding carboxylic acids is 1. The Balaban J connectivity index is 1.82. The van der Waals surface area contributed by atoms with E-state index in [0.717, 1.165) is 16.7 Å². The van der Waals surface area contributed by atoms with E-state index in [1.165, 1.54) is 7.11 Å². The maximum atomic E-state index is 13.0. The summed E-state index contributed by atoms with van der Waals surface area (Å²) in [5.41, 5.74) is 2.14. The van der Waals surface area contributed by atoms with Crippen molar-refractivity contribution in [1.82, 2.24) is 5.32 Å². The summed E-state index contributed by atoms with van der Waals surface area (Å²) < 4.78 is 11.1. The molecule has 1 N–H and O–H groups in total. The van der Waals surface area contributed by atoms with Gasteiger partial charge in [-0.15, -0.1) is 0 Å². The first-order valence-electron chi connectivity index (χ1n) is 11.0. The first-order chi connectivity index (χ1) is 16.6. The fourth-order valence-electron chi connectivity index (χ4n) is 4.12. The summed E-state index contributed by atoms with van der Waals surface area (Å²) >= 11 is 6.11. The zero-order chi connectivity index (χ0) is 23.8. The fraction of sp³-hybridized carbons (Fsp3) is 0.138. The number of hydrogen-bond acceptors (Lipinski definition) is 4. The molecule has 172 valence electrons. The molecule has 0 aliphatic rings. The molecule has 0 aliphatic heterocycles. The minimum Gasteiger partial charge on any atom is -0.491 e. The smallest absolute Gasteiger partial charge is 0.326 e.